The molecule has 1 fully saturated rings. The van der Waals surface area contributed by atoms with Crippen molar-refractivity contribution in [2.24, 2.45) is 0 Å². The van der Waals surface area contributed by atoms with Gasteiger partial charge in [-0.1, -0.05) is 6.07 Å². The molecule has 1 aliphatic rings. The summed E-state index contributed by atoms with van der Waals surface area (Å²) in [6.45, 7) is 2.34. The van der Waals surface area contributed by atoms with Crippen LogP contribution in [0.2, 0.25) is 0 Å². The van der Waals surface area contributed by atoms with E-state index in [0.717, 1.165) is 18.8 Å². The number of pyridine rings is 1. The quantitative estimate of drug-likeness (QED) is 0.754. The molecule has 1 saturated heterocycles. The largest absolute Gasteiger partial charge is 0.481 e. The number of morpholine rings is 1. The Morgan fingerprint density at radius 3 is 3.21 bits per heavy atom. The maximum Gasteiger partial charge on any atom is 0.213 e. The predicted molar refractivity (Wildman–Crippen MR) is 52.4 cm³/mol. The molecule has 0 amide bonds. The lowest BCUT2D eigenvalue weighted by Gasteiger charge is -2.23. The van der Waals surface area contributed by atoms with Crippen LogP contribution < -0.4 is 10.1 Å². The second-order valence-corrected chi connectivity index (χ2v) is 3.19. The van der Waals surface area contributed by atoms with Gasteiger partial charge in [0.25, 0.3) is 0 Å². The Morgan fingerprint density at radius 2 is 2.50 bits per heavy atom. The lowest BCUT2D eigenvalue weighted by molar-refractivity contribution is 0.0754. The van der Waals surface area contributed by atoms with E-state index in [1.54, 1.807) is 7.11 Å². The zero-order chi connectivity index (χ0) is 9.80. The van der Waals surface area contributed by atoms with Crippen LogP contribution in [0.5, 0.6) is 5.88 Å². The number of ether oxygens (including phenoxy) is 2. The fourth-order valence-electron chi connectivity index (χ4n) is 1.49. The third-order valence-electron chi connectivity index (χ3n) is 2.23. The minimum absolute atomic E-state index is 0.193. The van der Waals surface area contributed by atoms with E-state index in [9.17, 15) is 0 Å². The topological polar surface area (TPSA) is 43.4 Å². The van der Waals surface area contributed by atoms with Crippen LogP contribution in [-0.4, -0.2) is 31.9 Å². The third kappa shape index (κ3) is 2.02. The molecule has 0 unspecified atom stereocenters. The number of aromatic nitrogens is 1. The van der Waals surface area contributed by atoms with Crippen molar-refractivity contribution in [3.63, 3.8) is 0 Å². The van der Waals surface area contributed by atoms with E-state index in [2.05, 4.69) is 10.3 Å². The number of nitrogens with zero attached hydrogens (tertiary/aromatic N) is 1. The molecule has 76 valence electrons. The Bertz CT molecular complexity index is 298. The highest BCUT2D eigenvalue weighted by atomic mass is 16.5. The number of methoxy groups -OCH3 is 1. The molecule has 1 aliphatic heterocycles. The van der Waals surface area contributed by atoms with Gasteiger partial charge in [0, 0.05) is 12.6 Å². The van der Waals surface area contributed by atoms with Gasteiger partial charge in [0.15, 0.2) is 0 Å². The van der Waals surface area contributed by atoms with Crippen molar-refractivity contribution in [1.82, 2.24) is 10.3 Å². The standard InChI is InChI=1S/C10H14N2O2/c1-13-10-4-2-3-8(12-10)9-7-14-6-5-11-9/h2-4,9,11H,5-7H2,1H3/t9-/m1/s1. The molecule has 1 atom stereocenters. The van der Waals surface area contributed by atoms with E-state index in [-0.39, 0.29) is 6.04 Å². The predicted octanol–water partition coefficient (Wildman–Crippen LogP) is 0.751. The van der Waals surface area contributed by atoms with Gasteiger partial charge in [-0.3, -0.25) is 0 Å². The lowest BCUT2D eigenvalue weighted by atomic mass is 10.2. The maximum atomic E-state index is 5.37. The Kier molecular flexibility index (Phi) is 2.96. The van der Waals surface area contributed by atoms with E-state index >= 15 is 0 Å². The number of hydrogen-bond donors (Lipinski definition) is 1. The minimum Gasteiger partial charge on any atom is -0.481 e. The second kappa shape index (κ2) is 4.39. The SMILES string of the molecule is COc1cccc([C@H]2COCCN2)n1. The molecule has 2 rings (SSSR count). The van der Waals surface area contributed by atoms with Crippen LogP contribution in [0.4, 0.5) is 0 Å². The van der Waals surface area contributed by atoms with E-state index in [4.69, 9.17) is 9.47 Å². The summed E-state index contributed by atoms with van der Waals surface area (Å²) in [5.74, 6) is 0.648. The molecule has 1 aromatic rings. The first-order chi connectivity index (χ1) is 6.90. The molecule has 4 nitrogen and oxygen atoms in total. The zero-order valence-electron chi connectivity index (χ0n) is 8.19. The molecule has 0 aromatic carbocycles. The number of rotatable bonds is 2. The van der Waals surface area contributed by atoms with Gasteiger partial charge in [0.05, 0.1) is 32.1 Å². The van der Waals surface area contributed by atoms with Crippen LogP contribution in [-0.2, 0) is 4.74 Å². The van der Waals surface area contributed by atoms with Crippen LogP contribution in [0.3, 0.4) is 0 Å². The van der Waals surface area contributed by atoms with Crippen LogP contribution in [0.15, 0.2) is 18.2 Å². The van der Waals surface area contributed by atoms with Crippen molar-refractivity contribution in [2.45, 2.75) is 6.04 Å². The normalized spacial score (nSPS) is 21.9. The summed E-state index contributed by atoms with van der Waals surface area (Å²) >= 11 is 0. The van der Waals surface area contributed by atoms with Crippen molar-refractivity contribution in [3.05, 3.63) is 23.9 Å². The van der Waals surface area contributed by atoms with Gasteiger partial charge in [0.1, 0.15) is 0 Å². The van der Waals surface area contributed by atoms with Gasteiger partial charge in [0.2, 0.25) is 5.88 Å². The summed E-state index contributed by atoms with van der Waals surface area (Å²) in [5.41, 5.74) is 0.976. The van der Waals surface area contributed by atoms with E-state index in [1.807, 2.05) is 18.2 Å². The number of nitrogens with one attached hydrogen (secondary N) is 1. The van der Waals surface area contributed by atoms with Crippen LogP contribution in [0.25, 0.3) is 0 Å². The molecule has 14 heavy (non-hydrogen) atoms. The first-order valence-corrected chi connectivity index (χ1v) is 4.72. The van der Waals surface area contributed by atoms with Crippen molar-refractivity contribution < 1.29 is 9.47 Å². The lowest BCUT2D eigenvalue weighted by Crippen LogP contribution is -2.35. The molecule has 0 radical (unpaired) electrons. The highest BCUT2D eigenvalue weighted by Crippen LogP contribution is 2.16. The highest BCUT2D eigenvalue weighted by Gasteiger charge is 2.16. The summed E-state index contributed by atoms with van der Waals surface area (Å²) < 4.78 is 10.4. The van der Waals surface area contributed by atoms with Gasteiger partial charge in [-0.25, -0.2) is 4.98 Å². The van der Waals surface area contributed by atoms with Gasteiger partial charge < -0.3 is 14.8 Å². The molecular weight excluding hydrogens is 180 g/mol. The van der Waals surface area contributed by atoms with Gasteiger partial charge in [-0.15, -0.1) is 0 Å². The number of hydrogen-bond acceptors (Lipinski definition) is 4. The summed E-state index contributed by atoms with van der Waals surface area (Å²) in [5, 5.41) is 3.34. The van der Waals surface area contributed by atoms with Crippen LogP contribution in [0.1, 0.15) is 11.7 Å². The molecular formula is C10H14N2O2. The van der Waals surface area contributed by atoms with Gasteiger partial charge in [-0.05, 0) is 6.07 Å². The minimum atomic E-state index is 0.193. The van der Waals surface area contributed by atoms with Crippen molar-refractivity contribution >= 4 is 0 Å². The van der Waals surface area contributed by atoms with Crippen LogP contribution in [0, 0.1) is 0 Å². The Labute approximate surface area is 83.2 Å². The summed E-state index contributed by atoms with van der Waals surface area (Å²) in [6, 6.07) is 5.96. The molecule has 2 heterocycles. The fourth-order valence-corrected chi connectivity index (χ4v) is 1.49. The van der Waals surface area contributed by atoms with Crippen molar-refractivity contribution in [2.75, 3.05) is 26.9 Å². The third-order valence-corrected chi connectivity index (χ3v) is 2.23. The maximum absolute atomic E-state index is 5.37. The fraction of sp³-hybridized carbons (Fsp3) is 0.500. The highest BCUT2D eigenvalue weighted by molar-refractivity contribution is 5.18. The second-order valence-electron chi connectivity index (χ2n) is 3.19. The Balaban J connectivity index is 2.13. The summed E-state index contributed by atoms with van der Waals surface area (Å²) in [4.78, 5) is 4.35. The molecule has 0 saturated carbocycles. The average Bonchev–Trinajstić information content (AvgIpc) is 2.30. The summed E-state index contributed by atoms with van der Waals surface area (Å²) in [6.07, 6.45) is 0. The Hall–Kier alpha value is -1.13. The Morgan fingerprint density at radius 1 is 1.57 bits per heavy atom. The molecule has 1 N–H and O–H groups in total. The van der Waals surface area contributed by atoms with E-state index in [1.165, 1.54) is 0 Å². The van der Waals surface area contributed by atoms with E-state index < -0.39 is 0 Å². The first-order valence-electron chi connectivity index (χ1n) is 4.72. The van der Waals surface area contributed by atoms with Crippen LogP contribution >= 0.6 is 0 Å². The van der Waals surface area contributed by atoms with Gasteiger partial charge >= 0.3 is 0 Å². The zero-order valence-corrected chi connectivity index (χ0v) is 8.19. The molecule has 0 bridgehead atoms. The summed E-state index contributed by atoms with van der Waals surface area (Å²) in [7, 11) is 1.62. The first kappa shape index (κ1) is 9.43. The van der Waals surface area contributed by atoms with Crippen molar-refractivity contribution in [1.29, 1.82) is 0 Å². The molecule has 1 aromatic heterocycles. The van der Waals surface area contributed by atoms with Gasteiger partial charge in [-0.2, -0.15) is 0 Å². The molecule has 0 aliphatic carbocycles. The molecule has 0 spiro atoms. The average molecular weight is 194 g/mol. The molecule has 4 heteroatoms. The van der Waals surface area contributed by atoms with E-state index in [0.29, 0.717) is 12.5 Å². The monoisotopic (exact) mass is 194 g/mol. The smallest absolute Gasteiger partial charge is 0.213 e. The van der Waals surface area contributed by atoms with Crippen molar-refractivity contribution in [3.8, 4) is 5.88 Å².